The lowest BCUT2D eigenvalue weighted by Gasteiger charge is -2.38. The minimum absolute atomic E-state index is 0.0300. The molecule has 0 saturated carbocycles. The molecule has 1 aliphatic heterocycles. The van der Waals surface area contributed by atoms with Gasteiger partial charge in [-0.3, -0.25) is 14.5 Å². The molecular weight excluding hydrogens is 278 g/mol. The van der Waals surface area contributed by atoms with Gasteiger partial charge in [-0.15, -0.1) is 0 Å². The summed E-state index contributed by atoms with van der Waals surface area (Å²) in [5.41, 5.74) is 4.82. The number of piperazine rings is 1. The minimum Gasteiger partial charge on any atom is -0.469 e. The molecule has 0 aromatic rings. The molecule has 0 aromatic carbocycles. The van der Waals surface area contributed by atoms with Crippen molar-refractivity contribution >= 4 is 29.1 Å². The van der Waals surface area contributed by atoms with E-state index < -0.39 is 5.41 Å². The Bertz CT molecular complexity index is 390. The Balaban J connectivity index is 2.44. The second-order valence-electron chi connectivity index (χ2n) is 5.45. The fourth-order valence-electron chi connectivity index (χ4n) is 2.03. The molecule has 1 amide bonds. The summed E-state index contributed by atoms with van der Waals surface area (Å²) in [6.45, 7) is 6.92. The van der Waals surface area contributed by atoms with Gasteiger partial charge in [-0.1, -0.05) is 12.2 Å². The van der Waals surface area contributed by atoms with E-state index in [4.69, 9.17) is 18.0 Å². The lowest BCUT2D eigenvalue weighted by atomic mass is 9.91. The molecule has 0 aliphatic carbocycles. The smallest absolute Gasteiger partial charge is 0.306 e. The number of carbonyl (C=O) groups excluding carboxylic acids is 2. The van der Waals surface area contributed by atoms with Crippen molar-refractivity contribution in [2.24, 2.45) is 11.1 Å². The Morgan fingerprint density at radius 3 is 2.25 bits per heavy atom. The predicted molar refractivity (Wildman–Crippen MR) is 80.2 cm³/mol. The van der Waals surface area contributed by atoms with Gasteiger partial charge in [-0.2, -0.15) is 0 Å². The van der Waals surface area contributed by atoms with Gasteiger partial charge in [0.1, 0.15) is 0 Å². The zero-order valence-corrected chi connectivity index (χ0v) is 13.2. The zero-order valence-electron chi connectivity index (χ0n) is 12.3. The molecule has 0 atom stereocenters. The van der Waals surface area contributed by atoms with Crippen LogP contribution in [0.3, 0.4) is 0 Å². The second kappa shape index (κ2) is 6.99. The zero-order chi connectivity index (χ0) is 15.3. The summed E-state index contributed by atoms with van der Waals surface area (Å²) in [5.74, 6) is -0.240. The molecule has 0 unspecified atom stereocenters. The molecule has 20 heavy (non-hydrogen) atoms. The number of hydrogen-bond donors (Lipinski definition) is 1. The molecule has 1 saturated heterocycles. The minimum atomic E-state index is -0.802. The van der Waals surface area contributed by atoms with Crippen LogP contribution in [0.5, 0.6) is 0 Å². The molecule has 0 aromatic heterocycles. The Hall–Kier alpha value is -1.21. The van der Waals surface area contributed by atoms with Crippen LogP contribution in [0.2, 0.25) is 0 Å². The molecule has 1 fully saturated rings. The van der Waals surface area contributed by atoms with Crippen LogP contribution in [0.4, 0.5) is 0 Å². The van der Waals surface area contributed by atoms with Gasteiger partial charge >= 0.3 is 5.97 Å². The van der Waals surface area contributed by atoms with Crippen LogP contribution >= 0.6 is 12.2 Å². The topological polar surface area (TPSA) is 75.9 Å². The average Bonchev–Trinajstić information content (AvgIpc) is 2.44. The number of hydrogen-bond acceptors (Lipinski definition) is 5. The predicted octanol–water partition coefficient (Wildman–Crippen LogP) is 0.00600. The molecule has 1 heterocycles. The van der Waals surface area contributed by atoms with Crippen molar-refractivity contribution < 1.29 is 14.3 Å². The maximum Gasteiger partial charge on any atom is 0.306 e. The van der Waals surface area contributed by atoms with Gasteiger partial charge in [-0.25, -0.2) is 0 Å². The SMILES string of the molecule is COC(=O)CCN1CCN(C(=O)C(C)(C)C(N)=S)CC1. The number of methoxy groups -OCH3 is 1. The van der Waals surface area contributed by atoms with E-state index in [0.717, 1.165) is 13.1 Å². The summed E-state index contributed by atoms with van der Waals surface area (Å²) in [5, 5.41) is 0. The molecule has 6 nitrogen and oxygen atoms in total. The highest BCUT2D eigenvalue weighted by Crippen LogP contribution is 2.20. The summed E-state index contributed by atoms with van der Waals surface area (Å²) < 4.78 is 4.61. The average molecular weight is 301 g/mol. The van der Waals surface area contributed by atoms with E-state index in [1.165, 1.54) is 7.11 Å². The fraction of sp³-hybridized carbons (Fsp3) is 0.769. The second-order valence-corrected chi connectivity index (χ2v) is 5.89. The normalized spacial score (nSPS) is 16.9. The van der Waals surface area contributed by atoms with Crippen molar-refractivity contribution in [2.45, 2.75) is 20.3 Å². The van der Waals surface area contributed by atoms with Crippen LogP contribution in [-0.2, 0) is 14.3 Å². The van der Waals surface area contributed by atoms with Crippen molar-refractivity contribution in [1.29, 1.82) is 0 Å². The number of rotatable bonds is 5. The van der Waals surface area contributed by atoms with E-state index in [1.807, 2.05) is 0 Å². The first-order valence-corrected chi connectivity index (χ1v) is 7.08. The van der Waals surface area contributed by atoms with E-state index in [0.29, 0.717) is 26.1 Å². The van der Waals surface area contributed by atoms with Gasteiger partial charge in [0.2, 0.25) is 5.91 Å². The van der Waals surface area contributed by atoms with E-state index in [9.17, 15) is 9.59 Å². The van der Waals surface area contributed by atoms with Crippen molar-refractivity contribution in [3.63, 3.8) is 0 Å². The number of amides is 1. The molecule has 7 heteroatoms. The van der Waals surface area contributed by atoms with E-state index in [-0.39, 0.29) is 16.9 Å². The first kappa shape index (κ1) is 16.8. The third kappa shape index (κ3) is 4.14. The molecule has 0 spiro atoms. The largest absolute Gasteiger partial charge is 0.469 e. The van der Waals surface area contributed by atoms with Crippen molar-refractivity contribution in [3.8, 4) is 0 Å². The van der Waals surface area contributed by atoms with E-state index in [2.05, 4.69) is 9.64 Å². The summed E-state index contributed by atoms with van der Waals surface area (Å²) >= 11 is 4.95. The number of esters is 1. The van der Waals surface area contributed by atoms with Crippen molar-refractivity contribution in [2.75, 3.05) is 39.8 Å². The number of nitrogens with zero attached hydrogens (tertiary/aromatic N) is 2. The molecular formula is C13H23N3O3S. The third-order valence-corrected chi connectivity index (χ3v) is 4.18. The van der Waals surface area contributed by atoms with E-state index in [1.54, 1.807) is 18.7 Å². The first-order chi connectivity index (χ1) is 9.28. The van der Waals surface area contributed by atoms with Gasteiger partial charge in [0.25, 0.3) is 0 Å². The van der Waals surface area contributed by atoms with Crippen LogP contribution in [0.1, 0.15) is 20.3 Å². The highest BCUT2D eigenvalue weighted by molar-refractivity contribution is 7.80. The van der Waals surface area contributed by atoms with Crippen molar-refractivity contribution in [3.05, 3.63) is 0 Å². The highest BCUT2D eigenvalue weighted by atomic mass is 32.1. The highest BCUT2D eigenvalue weighted by Gasteiger charge is 2.36. The van der Waals surface area contributed by atoms with Crippen molar-refractivity contribution in [1.82, 2.24) is 9.80 Å². The van der Waals surface area contributed by atoms with Crippen LogP contribution in [0.15, 0.2) is 0 Å². The molecule has 1 rings (SSSR count). The Labute approximate surface area is 125 Å². The van der Waals surface area contributed by atoms with Crippen LogP contribution in [0, 0.1) is 5.41 Å². The molecule has 0 radical (unpaired) electrons. The van der Waals surface area contributed by atoms with Gasteiger partial charge in [0, 0.05) is 32.7 Å². The Morgan fingerprint density at radius 1 is 1.25 bits per heavy atom. The Morgan fingerprint density at radius 2 is 1.80 bits per heavy atom. The standard InChI is InChI=1S/C13H23N3O3S/c1-13(2,11(14)20)12(18)16-8-6-15(7-9-16)5-4-10(17)19-3/h4-9H2,1-3H3,(H2,14,20). The van der Waals surface area contributed by atoms with Crippen LogP contribution in [-0.4, -0.2) is 66.5 Å². The maximum absolute atomic E-state index is 12.3. The monoisotopic (exact) mass is 301 g/mol. The maximum atomic E-state index is 12.3. The summed E-state index contributed by atoms with van der Waals surface area (Å²) in [7, 11) is 1.39. The lowest BCUT2D eigenvalue weighted by molar-refractivity contribution is -0.142. The van der Waals surface area contributed by atoms with Gasteiger partial charge < -0.3 is 15.4 Å². The van der Waals surface area contributed by atoms with Gasteiger partial charge in [0.15, 0.2) is 0 Å². The van der Waals surface area contributed by atoms with Crippen LogP contribution in [0.25, 0.3) is 0 Å². The summed E-state index contributed by atoms with van der Waals surface area (Å²) in [4.78, 5) is 27.6. The van der Waals surface area contributed by atoms with Gasteiger partial charge in [0.05, 0.1) is 23.9 Å². The summed E-state index contributed by atoms with van der Waals surface area (Å²) in [6, 6.07) is 0. The number of nitrogens with two attached hydrogens (primary N) is 1. The number of carbonyl (C=O) groups is 2. The third-order valence-electron chi connectivity index (χ3n) is 3.67. The number of thiocarbonyl (C=S) groups is 1. The lowest BCUT2D eigenvalue weighted by Crippen LogP contribution is -2.54. The molecule has 0 bridgehead atoms. The van der Waals surface area contributed by atoms with Crippen LogP contribution < -0.4 is 5.73 Å². The fourth-order valence-corrected chi connectivity index (χ4v) is 2.11. The summed E-state index contributed by atoms with van der Waals surface area (Å²) in [6.07, 6.45) is 0.378. The first-order valence-electron chi connectivity index (χ1n) is 6.67. The molecule has 114 valence electrons. The van der Waals surface area contributed by atoms with Gasteiger partial charge in [-0.05, 0) is 13.8 Å². The molecule has 1 aliphatic rings. The quantitative estimate of drug-likeness (QED) is 0.569. The van der Waals surface area contributed by atoms with E-state index >= 15 is 0 Å². The number of ether oxygens (including phenoxy) is 1. The Kier molecular flexibility index (Phi) is 5.88. The molecule has 2 N–H and O–H groups in total.